The van der Waals surface area contributed by atoms with Gasteiger partial charge in [-0.05, 0) is 39.7 Å². The van der Waals surface area contributed by atoms with Crippen molar-refractivity contribution in [1.29, 1.82) is 5.26 Å². The standard InChI is InChI=1S/C13H8BrFN2O/c14-11-2-4-13(18)17(8-11)7-9-1-3-12(15)5-10(9)6-16/h1-5,8H,7H2. The SMILES string of the molecule is N#Cc1cc(F)ccc1Cn1cc(Br)ccc1=O. The molecule has 0 amide bonds. The highest BCUT2D eigenvalue weighted by atomic mass is 79.9. The highest BCUT2D eigenvalue weighted by molar-refractivity contribution is 9.10. The molecule has 0 radical (unpaired) electrons. The fourth-order valence-corrected chi connectivity index (χ4v) is 1.98. The zero-order valence-corrected chi connectivity index (χ0v) is 10.8. The van der Waals surface area contributed by atoms with Crippen LogP contribution in [0.5, 0.6) is 0 Å². The van der Waals surface area contributed by atoms with Gasteiger partial charge in [0, 0.05) is 16.7 Å². The second-order valence-electron chi connectivity index (χ2n) is 3.73. The van der Waals surface area contributed by atoms with Gasteiger partial charge in [-0.15, -0.1) is 0 Å². The molecule has 1 aromatic carbocycles. The number of halogens is 2. The Kier molecular flexibility index (Phi) is 3.58. The average molecular weight is 307 g/mol. The van der Waals surface area contributed by atoms with Gasteiger partial charge in [0.05, 0.1) is 18.2 Å². The first kappa shape index (κ1) is 12.5. The maximum atomic E-state index is 13.0. The van der Waals surface area contributed by atoms with E-state index in [-0.39, 0.29) is 17.7 Å². The van der Waals surface area contributed by atoms with Crippen molar-refractivity contribution in [3.05, 3.63) is 68.3 Å². The number of nitrogens with zero attached hydrogens (tertiary/aromatic N) is 2. The molecule has 0 fully saturated rings. The van der Waals surface area contributed by atoms with Gasteiger partial charge in [-0.2, -0.15) is 5.26 Å². The molecule has 3 nitrogen and oxygen atoms in total. The predicted octanol–water partition coefficient (Wildman–Crippen LogP) is 2.67. The molecule has 0 unspecified atom stereocenters. The van der Waals surface area contributed by atoms with Gasteiger partial charge >= 0.3 is 0 Å². The normalized spacial score (nSPS) is 10.1. The van der Waals surface area contributed by atoms with Crippen molar-refractivity contribution in [2.75, 3.05) is 0 Å². The molecule has 0 atom stereocenters. The third kappa shape index (κ3) is 2.66. The number of rotatable bonds is 2. The minimum absolute atomic E-state index is 0.175. The predicted molar refractivity (Wildman–Crippen MR) is 68.6 cm³/mol. The molecule has 0 aliphatic rings. The molecule has 90 valence electrons. The van der Waals surface area contributed by atoms with Gasteiger partial charge in [0.2, 0.25) is 0 Å². The van der Waals surface area contributed by atoms with Gasteiger partial charge in [0.15, 0.2) is 0 Å². The van der Waals surface area contributed by atoms with E-state index < -0.39 is 5.82 Å². The van der Waals surface area contributed by atoms with E-state index in [4.69, 9.17) is 5.26 Å². The van der Waals surface area contributed by atoms with Crippen molar-refractivity contribution in [3.8, 4) is 6.07 Å². The maximum absolute atomic E-state index is 13.0. The van der Waals surface area contributed by atoms with Crippen LogP contribution in [0.15, 0.2) is 45.8 Å². The molecule has 1 heterocycles. The zero-order chi connectivity index (χ0) is 13.1. The summed E-state index contributed by atoms with van der Waals surface area (Å²) in [6, 6.07) is 8.96. The number of pyridine rings is 1. The summed E-state index contributed by atoms with van der Waals surface area (Å²) in [6.45, 7) is 0.238. The van der Waals surface area contributed by atoms with Gasteiger partial charge in [-0.3, -0.25) is 4.79 Å². The Balaban J connectivity index is 2.43. The molecule has 0 saturated carbocycles. The van der Waals surface area contributed by atoms with E-state index in [1.54, 1.807) is 12.3 Å². The largest absolute Gasteiger partial charge is 0.310 e. The van der Waals surface area contributed by atoms with Crippen molar-refractivity contribution in [2.45, 2.75) is 6.54 Å². The van der Waals surface area contributed by atoms with E-state index in [1.165, 1.54) is 28.8 Å². The van der Waals surface area contributed by atoms with Crippen LogP contribution in [0.25, 0.3) is 0 Å². The van der Waals surface area contributed by atoms with E-state index in [9.17, 15) is 9.18 Å². The summed E-state index contributed by atoms with van der Waals surface area (Å²) in [7, 11) is 0. The Morgan fingerprint density at radius 3 is 2.83 bits per heavy atom. The molecule has 0 aliphatic carbocycles. The third-order valence-corrected chi connectivity index (χ3v) is 2.95. The minimum Gasteiger partial charge on any atom is -0.310 e. The molecular formula is C13H8BrFN2O. The second kappa shape index (κ2) is 5.15. The van der Waals surface area contributed by atoms with E-state index >= 15 is 0 Å². The lowest BCUT2D eigenvalue weighted by atomic mass is 10.1. The average Bonchev–Trinajstić information content (AvgIpc) is 2.36. The molecule has 2 rings (SSSR count). The number of hydrogen-bond acceptors (Lipinski definition) is 2. The number of nitriles is 1. The summed E-state index contributed by atoms with van der Waals surface area (Å²) in [5.74, 6) is -0.461. The van der Waals surface area contributed by atoms with E-state index in [2.05, 4.69) is 15.9 Å². The van der Waals surface area contributed by atoms with Gasteiger partial charge in [-0.25, -0.2) is 4.39 Å². The van der Waals surface area contributed by atoms with Crippen LogP contribution in [0.4, 0.5) is 4.39 Å². The van der Waals surface area contributed by atoms with Gasteiger partial charge in [0.25, 0.3) is 5.56 Å². The van der Waals surface area contributed by atoms with Crippen LogP contribution >= 0.6 is 15.9 Å². The van der Waals surface area contributed by atoms with Crippen molar-refractivity contribution >= 4 is 15.9 Å². The van der Waals surface area contributed by atoms with Crippen LogP contribution < -0.4 is 5.56 Å². The zero-order valence-electron chi connectivity index (χ0n) is 9.23. The molecule has 1 aromatic heterocycles. The van der Waals surface area contributed by atoms with Crippen molar-refractivity contribution in [2.24, 2.45) is 0 Å². The van der Waals surface area contributed by atoms with Crippen LogP contribution in [0.1, 0.15) is 11.1 Å². The first-order valence-electron chi connectivity index (χ1n) is 5.14. The molecule has 0 aliphatic heterocycles. The Morgan fingerprint density at radius 2 is 2.11 bits per heavy atom. The number of hydrogen-bond donors (Lipinski definition) is 0. The van der Waals surface area contributed by atoms with Gasteiger partial charge in [-0.1, -0.05) is 6.07 Å². The monoisotopic (exact) mass is 306 g/mol. The smallest absolute Gasteiger partial charge is 0.250 e. The molecule has 0 N–H and O–H groups in total. The molecule has 18 heavy (non-hydrogen) atoms. The lowest BCUT2D eigenvalue weighted by molar-refractivity contribution is 0.625. The summed E-state index contributed by atoms with van der Waals surface area (Å²) in [5.41, 5.74) is 0.674. The van der Waals surface area contributed by atoms with E-state index in [1.807, 2.05) is 6.07 Å². The highest BCUT2D eigenvalue weighted by Crippen LogP contribution is 2.12. The Morgan fingerprint density at radius 1 is 1.33 bits per heavy atom. The van der Waals surface area contributed by atoms with Gasteiger partial charge < -0.3 is 4.57 Å². The highest BCUT2D eigenvalue weighted by Gasteiger charge is 2.05. The molecule has 0 saturated heterocycles. The summed E-state index contributed by atoms with van der Waals surface area (Å²) in [4.78, 5) is 11.6. The summed E-state index contributed by atoms with van der Waals surface area (Å²) in [5, 5.41) is 8.93. The van der Waals surface area contributed by atoms with Crippen molar-refractivity contribution in [3.63, 3.8) is 0 Å². The van der Waals surface area contributed by atoms with Crippen LogP contribution in [0.3, 0.4) is 0 Å². The van der Waals surface area contributed by atoms with Crippen LogP contribution in [-0.2, 0) is 6.54 Å². The maximum Gasteiger partial charge on any atom is 0.250 e. The first-order valence-corrected chi connectivity index (χ1v) is 5.94. The molecule has 2 aromatic rings. The van der Waals surface area contributed by atoms with E-state index in [0.717, 1.165) is 4.47 Å². The fraction of sp³-hybridized carbons (Fsp3) is 0.0769. The van der Waals surface area contributed by atoms with Gasteiger partial charge in [0.1, 0.15) is 5.82 Å². The number of aromatic nitrogens is 1. The second-order valence-corrected chi connectivity index (χ2v) is 4.64. The van der Waals surface area contributed by atoms with E-state index in [0.29, 0.717) is 5.56 Å². The van der Waals surface area contributed by atoms with Crippen LogP contribution in [0, 0.1) is 17.1 Å². The number of benzene rings is 1. The lowest BCUT2D eigenvalue weighted by Gasteiger charge is -2.07. The molecule has 0 bridgehead atoms. The summed E-state index contributed by atoms with van der Waals surface area (Å²) < 4.78 is 15.2. The fourth-order valence-electron chi connectivity index (χ4n) is 1.60. The van der Waals surface area contributed by atoms with Crippen molar-refractivity contribution in [1.82, 2.24) is 4.57 Å². The first-order chi connectivity index (χ1) is 8.60. The lowest BCUT2D eigenvalue weighted by Crippen LogP contribution is -2.19. The van der Waals surface area contributed by atoms with Crippen LogP contribution in [0.2, 0.25) is 0 Å². The minimum atomic E-state index is -0.461. The molecular weight excluding hydrogens is 299 g/mol. The molecule has 5 heteroatoms. The van der Waals surface area contributed by atoms with Crippen LogP contribution in [-0.4, -0.2) is 4.57 Å². The topological polar surface area (TPSA) is 45.8 Å². The summed E-state index contributed by atoms with van der Waals surface area (Å²) >= 11 is 3.27. The Labute approximate surface area is 111 Å². The molecule has 0 spiro atoms. The Bertz CT molecular complexity index is 688. The Hall–Kier alpha value is -1.93. The summed E-state index contributed by atoms with van der Waals surface area (Å²) in [6.07, 6.45) is 1.63. The quantitative estimate of drug-likeness (QED) is 0.856. The van der Waals surface area contributed by atoms with Crippen molar-refractivity contribution < 1.29 is 4.39 Å². The third-order valence-electron chi connectivity index (χ3n) is 2.48.